The molecule has 8 nitrogen and oxygen atoms in total. The quantitative estimate of drug-likeness (QED) is 0.494. The Morgan fingerprint density at radius 3 is 2.43 bits per heavy atom. The highest BCUT2D eigenvalue weighted by Crippen LogP contribution is 2.37. The predicted octanol–water partition coefficient (Wildman–Crippen LogP) is 5.15. The molecule has 8 heteroatoms. The van der Waals surface area contributed by atoms with Crippen molar-refractivity contribution in [3.05, 3.63) is 35.9 Å². The number of likely N-dealkylation sites (tertiary alicyclic amines) is 1. The van der Waals surface area contributed by atoms with Crippen molar-refractivity contribution in [2.45, 2.75) is 97.1 Å². The zero-order valence-corrected chi connectivity index (χ0v) is 21.9. The van der Waals surface area contributed by atoms with Crippen molar-refractivity contribution >= 4 is 18.1 Å². The lowest BCUT2D eigenvalue weighted by atomic mass is 9.94. The third kappa shape index (κ3) is 6.75. The molecule has 0 aliphatic carbocycles. The fraction of sp³-hybridized carbons (Fsp3) is 0.667. The molecular formula is C27H40N2O6. The summed E-state index contributed by atoms with van der Waals surface area (Å²) in [6.45, 7) is 11.7. The molecule has 3 atom stereocenters. The average Bonchev–Trinajstić information content (AvgIpc) is 3.23. The maximum absolute atomic E-state index is 13.5. The topological polar surface area (TPSA) is 85.4 Å². The molecule has 0 saturated carbocycles. The van der Waals surface area contributed by atoms with Crippen LogP contribution in [0.1, 0.15) is 72.8 Å². The summed E-state index contributed by atoms with van der Waals surface area (Å²) in [4.78, 5) is 42.4. The first kappa shape index (κ1) is 27.0. The van der Waals surface area contributed by atoms with Crippen LogP contribution in [0.5, 0.6) is 0 Å². The van der Waals surface area contributed by atoms with Gasteiger partial charge >= 0.3 is 12.2 Å². The minimum absolute atomic E-state index is 0.260. The van der Waals surface area contributed by atoms with Crippen LogP contribution in [0, 0.1) is 5.92 Å². The van der Waals surface area contributed by atoms with Gasteiger partial charge in [0, 0.05) is 12.0 Å². The Hall–Kier alpha value is -2.61. The van der Waals surface area contributed by atoms with E-state index >= 15 is 0 Å². The Morgan fingerprint density at radius 1 is 1.11 bits per heavy atom. The Labute approximate surface area is 208 Å². The number of amides is 3. The maximum atomic E-state index is 13.5. The van der Waals surface area contributed by atoms with E-state index in [-0.39, 0.29) is 18.0 Å². The van der Waals surface area contributed by atoms with Gasteiger partial charge < -0.3 is 14.2 Å². The molecule has 3 amide bonds. The smallest absolute Gasteiger partial charge is 0.417 e. The summed E-state index contributed by atoms with van der Waals surface area (Å²) in [6.07, 6.45) is 2.12. The minimum atomic E-state index is -0.829. The average molecular weight is 489 g/mol. The number of imide groups is 1. The third-order valence-electron chi connectivity index (χ3n) is 6.46. The zero-order valence-electron chi connectivity index (χ0n) is 21.9. The van der Waals surface area contributed by atoms with E-state index < -0.39 is 29.4 Å². The summed E-state index contributed by atoms with van der Waals surface area (Å²) in [6, 6.07) is 9.18. The molecule has 1 aromatic carbocycles. The first-order valence-electron chi connectivity index (χ1n) is 12.6. The summed E-state index contributed by atoms with van der Waals surface area (Å²) in [7, 11) is 0. The molecule has 0 N–H and O–H groups in total. The highest BCUT2D eigenvalue weighted by atomic mass is 16.6. The van der Waals surface area contributed by atoms with Crippen molar-refractivity contribution in [1.82, 2.24) is 9.80 Å². The van der Waals surface area contributed by atoms with Gasteiger partial charge in [-0.15, -0.1) is 0 Å². The predicted molar refractivity (Wildman–Crippen MR) is 132 cm³/mol. The number of hydrogen-bond acceptors (Lipinski definition) is 6. The lowest BCUT2D eigenvalue weighted by molar-refractivity contribution is -0.131. The van der Waals surface area contributed by atoms with Gasteiger partial charge in [-0.3, -0.25) is 9.69 Å². The summed E-state index contributed by atoms with van der Waals surface area (Å²) in [5.41, 5.74) is -0.495. The Balaban J connectivity index is 1.78. The number of nitrogens with zero attached hydrogens (tertiary/aromatic N) is 2. The standard InChI is InChI=1S/C27H40N2O6/c1-7-8-14-33-25(32)29-22(18-34-27(29,5)6)17-20-16-21(15-19-12-10-9-11-13-19)28(23(20)30)24(31)35-26(2,3)4/h9-13,20-22H,7-8,14-18H2,1-6H3. The summed E-state index contributed by atoms with van der Waals surface area (Å²) in [5, 5.41) is 0. The molecule has 3 unspecified atom stereocenters. The van der Waals surface area contributed by atoms with Crippen molar-refractivity contribution in [2.75, 3.05) is 13.2 Å². The number of ether oxygens (including phenoxy) is 3. The molecule has 0 aromatic heterocycles. The zero-order chi connectivity index (χ0) is 25.8. The summed E-state index contributed by atoms with van der Waals surface area (Å²) in [5.74, 6) is -0.686. The highest BCUT2D eigenvalue weighted by molar-refractivity contribution is 5.95. The SMILES string of the molecule is CCCCOC(=O)N1C(CC2CC(Cc3ccccc3)N(C(=O)OC(C)(C)C)C2=O)COC1(C)C. The van der Waals surface area contributed by atoms with Crippen molar-refractivity contribution in [3.8, 4) is 0 Å². The van der Waals surface area contributed by atoms with Gasteiger partial charge in [0.1, 0.15) is 11.3 Å². The van der Waals surface area contributed by atoms with E-state index in [1.165, 1.54) is 4.90 Å². The van der Waals surface area contributed by atoms with E-state index in [1.54, 1.807) is 25.7 Å². The van der Waals surface area contributed by atoms with Crippen molar-refractivity contribution in [2.24, 2.45) is 5.92 Å². The molecule has 3 rings (SSSR count). The third-order valence-corrected chi connectivity index (χ3v) is 6.46. The van der Waals surface area contributed by atoms with Gasteiger partial charge in [0.2, 0.25) is 5.91 Å². The van der Waals surface area contributed by atoms with E-state index in [9.17, 15) is 14.4 Å². The van der Waals surface area contributed by atoms with Crippen molar-refractivity contribution in [3.63, 3.8) is 0 Å². The molecule has 2 aliphatic heterocycles. The molecule has 2 heterocycles. The van der Waals surface area contributed by atoms with E-state index in [4.69, 9.17) is 14.2 Å². The lowest BCUT2D eigenvalue weighted by Crippen LogP contribution is -2.49. The van der Waals surface area contributed by atoms with Gasteiger partial charge in [-0.2, -0.15) is 0 Å². The normalized spacial score (nSPS) is 24.1. The van der Waals surface area contributed by atoms with Crippen LogP contribution in [0.25, 0.3) is 0 Å². The Kier molecular flexibility index (Phi) is 8.46. The Bertz CT molecular complexity index is 895. The number of rotatable bonds is 7. The maximum Gasteiger partial charge on any atom is 0.417 e. The second-order valence-corrected chi connectivity index (χ2v) is 10.9. The second kappa shape index (κ2) is 11.0. The van der Waals surface area contributed by atoms with Crippen LogP contribution < -0.4 is 0 Å². The Morgan fingerprint density at radius 2 is 1.80 bits per heavy atom. The second-order valence-electron chi connectivity index (χ2n) is 10.9. The van der Waals surface area contributed by atoms with Crippen LogP contribution in [-0.2, 0) is 25.4 Å². The van der Waals surface area contributed by atoms with E-state index in [0.29, 0.717) is 32.5 Å². The molecule has 0 radical (unpaired) electrons. The number of carbonyl (C=O) groups is 3. The minimum Gasteiger partial charge on any atom is -0.449 e. The molecular weight excluding hydrogens is 448 g/mol. The van der Waals surface area contributed by atoms with Crippen LogP contribution in [-0.4, -0.2) is 64.5 Å². The largest absolute Gasteiger partial charge is 0.449 e. The van der Waals surface area contributed by atoms with E-state index in [2.05, 4.69) is 0 Å². The lowest BCUT2D eigenvalue weighted by Gasteiger charge is -2.33. The van der Waals surface area contributed by atoms with Gasteiger partial charge in [-0.05, 0) is 65.9 Å². The first-order valence-corrected chi connectivity index (χ1v) is 12.6. The summed E-state index contributed by atoms with van der Waals surface area (Å²) < 4.78 is 17.0. The van der Waals surface area contributed by atoms with Crippen LogP contribution in [0.2, 0.25) is 0 Å². The fourth-order valence-electron chi connectivity index (χ4n) is 4.85. The van der Waals surface area contributed by atoms with Crippen LogP contribution in [0.4, 0.5) is 9.59 Å². The van der Waals surface area contributed by atoms with Gasteiger partial charge in [-0.25, -0.2) is 14.5 Å². The van der Waals surface area contributed by atoms with Gasteiger partial charge in [0.15, 0.2) is 0 Å². The number of benzene rings is 1. The van der Waals surface area contributed by atoms with E-state index in [0.717, 1.165) is 18.4 Å². The monoisotopic (exact) mass is 488 g/mol. The van der Waals surface area contributed by atoms with Crippen LogP contribution in [0.3, 0.4) is 0 Å². The highest BCUT2D eigenvalue weighted by Gasteiger charge is 2.50. The molecule has 2 saturated heterocycles. The summed E-state index contributed by atoms with van der Waals surface area (Å²) >= 11 is 0. The molecule has 2 aliphatic rings. The molecule has 2 fully saturated rings. The number of carbonyl (C=O) groups excluding carboxylic acids is 3. The van der Waals surface area contributed by atoms with Gasteiger partial charge in [0.05, 0.1) is 19.3 Å². The number of hydrogen-bond donors (Lipinski definition) is 0. The molecule has 35 heavy (non-hydrogen) atoms. The first-order chi connectivity index (χ1) is 16.4. The van der Waals surface area contributed by atoms with Crippen molar-refractivity contribution in [1.29, 1.82) is 0 Å². The fourth-order valence-corrected chi connectivity index (χ4v) is 4.85. The van der Waals surface area contributed by atoms with Crippen LogP contribution in [0.15, 0.2) is 30.3 Å². The van der Waals surface area contributed by atoms with Gasteiger partial charge in [0.25, 0.3) is 0 Å². The molecule has 0 spiro atoms. The van der Waals surface area contributed by atoms with Crippen molar-refractivity contribution < 1.29 is 28.6 Å². The van der Waals surface area contributed by atoms with Crippen LogP contribution >= 0.6 is 0 Å². The van der Waals surface area contributed by atoms with Gasteiger partial charge in [-0.1, -0.05) is 43.7 Å². The molecule has 194 valence electrons. The molecule has 0 bridgehead atoms. The van der Waals surface area contributed by atoms with E-state index in [1.807, 2.05) is 51.1 Å². The number of unbranched alkanes of at least 4 members (excludes halogenated alkanes) is 1. The molecule has 1 aromatic rings.